The number of hydrogen-bond donors (Lipinski definition) is 0. The average molecular weight is 187 g/mol. The van der Waals surface area contributed by atoms with Gasteiger partial charge in [-0.2, -0.15) is 0 Å². The molecule has 1 heterocycles. The van der Waals surface area contributed by atoms with E-state index in [1.807, 2.05) is 6.92 Å². The van der Waals surface area contributed by atoms with Crippen molar-refractivity contribution in [3.05, 3.63) is 0 Å². The SMILES string of the molecule is C/C=N/c1nnc(SCC)s1. The summed E-state index contributed by atoms with van der Waals surface area (Å²) in [6, 6.07) is 0. The maximum atomic E-state index is 4.02. The highest BCUT2D eigenvalue weighted by atomic mass is 32.2. The normalized spacial score (nSPS) is 11.1. The van der Waals surface area contributed by atoms with Crippen LogP contribution in [0.2, 0.25) is 0 Å². The van der Waals surface area contributed by atoms with Gasteiger partial charge in [0.25, 0.3) is 0 Å². The number of aromatic nitrogens is 2. The van der Waals surface area contributed by atoms with E-state index in [1.54, 1.807) is 18.0 Å². The van der Waals surface area contributed by atoms with Gasteiger partial charge in [-0.3, -0.25) is 0 Å². The lowest BCUT2D eigenvalue weighted by Gasteiger charge is -1.83. The summed E-state index contributed by atoms with van der Waals surface area (Å²) < 4.78 is 0.994. The highest BCUT2D eigenvalue weighted by Gasteiger charge is 1.99. The molecular weight excluding hydrogens is 178 g/mol. The van der Waals surface area contributed by atoms with Crippen LogP contribution < -0.4 is 0 Å². The number of aliphatic imine (C=N–C) groups is 1. The van der Waals surface area contributed by atoms with Crippen molar-refractivity contribution in [2.45, 2.75) is 18.2 Å². The Hall–Kier alpha value is -0.420. The Morgan fingerprint density at radius 2 is 2.45 bits per heavy atom. The maximum absolute atomic E-state index is 4.02. The Bertz CT molecular complexity index is 244. The molecule has 0 atom stereocenters. The van der Waals surface area contributed by atoms with E-state index >= 15 is 0 Å². The molecule has 0 radical (unpaired) electrons. The Kier molecular flexibility index (Phi) is 3.51. The molecule has 5 heteroatoms. The lowest BCUT2D eigenvalue weighted by molar-refractivity contribution is 1.01. The lowest BCUT2D eigenvalue weighted by Crippen LogP contribution is -1.70. The zero-order valence-corrected chi connectivity index (χ0v) is 8.08. The molecule has 1 rings (SSSR count). The molecule has 0 amide bonds. The fraction of sp³-hybridized carbons (Fsp3) is 0.500. The zero-order valence-electron chi connectivity index (χ0n) is 6.44. The highest BCUT2D eigenvalue weighted by Crippen LogP contribution is 2.26. The van der Waals surface area contributed by atoms with Crippen LogP contribution in [0.4, 0.5) is 5.13 Å². The fourth-order valence-corrected chi connectivity index (χ4v) is 2.18. The molecule has 0 aromatic carbocycles. The molecule has 0 fully saturated rings. The van der Waals surface area contributed by atoms with Crippen molar-refractivity contribution in [1.29, 1.82) is 0 Å². The molecule has 1 aromatic rings. The maximum Gasteiger partial charge on any atom is 0.232 e. The van der Waals surface area contributed by atoms with Gasteiger partial charge in [0.1, 0.15) is 0 Å². The van der Waals surface area contributed by atoms with Gasteiger partial charge >= 0.3 is 0 Å². The Labute approximate surface area is 74.0 Å². The number of rotatable bonds is 3. The molecule has 0 aliphatic rings. The van der Waals surface area contributed by atoms with Crippen LogP contribution in [0.5, 0.6) is 0 Å². The van der Waals surface area contributed by atoms with Gasteiger partial charge in [0.2, 0.25) is 5.13 Å². The molecule has 0 bridgehead atoms. The van der Waals surface area contributed by atoms with Crippen molar-refractivity contribution >= 4 is 34.4 Å². The molecule has 0 saturated heterocycles. The van der Waals surface area contributed by atoms with Crippen molar-refractivity contribution in [1.82, 2.24) is 10.2 Å². The number of nitrogens with zero attached hydrogens (tertiary/aromatic N) is 3. The van der Waals surface area contributed by atoms with Crippen LogP contribution in [0.25, 0.3) is 0 Å². The smallest absolute Gasteiger partial charge is 0.231 e. The molecule has 0 spiro atoms. The third-order valence-corrected chi connectivity index (χ3v) is 2.75. The summed E-state index contributed by atoms with van der Waals surface area (Å²) in [5, 5.41) is 8.56. The minimum atomic E-state index is 0.739. The van der Waals surface area contributed by atoms with Gasteiger partial charge in [-0.05, 0) is 12.7 Å². The summed E-state index contributed by atoms with van der Waals surface area (Å²) in [6.45, 7) is 3.96. The van der Waals surface area contributed by atoms with Crippen molar-refractivity contribution < 1.29 is 0 Å². The van der Waals surface area contributed by atoms with Gasteiger partial charge in [-0.25, -0.2) is 4.99 Å². The fourth-order valence-electron chi connectivity index (χ4n) is 0.547. The second kappa shape index (κ2) is 4.46. The van der Waals surface area contributed by atoms with Crippen LogP contribution in [-0.2, 0) is 0 Å². The Morgan fingerprint density at radius 1 is 1.64 bits per heavy atom. The van der Waals surface area contributed by atoms with E-state index in [-0.39, 0.29) is 0 Å². The summed E-state index contributed by atoms with van der Waals surface area (Å²) in [5.74, 6) is 1.03. The van der Waals surface area contributed by atoms with E-state index in [1.165, 1.54) is 11.3 Å². The Balaban J connectivity index is 2.65. The predicted octanol–water partition coefficient (Wildman–Crippen LogP) is 2.37. The van der Waals surface area contributed by atoms with E-state index < -0.39 is 0 Å². The molecule has 1 aromatic heterocycles. The predicted molar refractivity (Wildman–Crippen MR) is 50.1 cm³/mol. The third kappa shape index (κ3) is 2.59. The number of thioether (sulfide) groups is 1. The van der Waals surface area contributed by atoms with Crippen molar-refractivity contribution in [3.63, 3.8) is 0 Å². The van der Waals surface area contributed by atoms with Gasteiger partial charge < -0.3 is 0 Å². The van der Waals surface area contributed by atoms with Crippen LogP contribution in [0, 0.1) is 0 Å². The molecule has 0 aliphatic carbocycles. The molecule has 0 unspecified atom stereocenters. The van der Waals surface area contributed by atoms with Crippen LogP contribution in [0.15, 0.2) is 9.33 Å². The van der Waals surface area contributed by atoms with Gasteiger partial charge in [-0.1, -0.05) is 30.0 Å². The summed E-state index contributed by atoms with van der Waals surface area (Å²) in [6.07, 6.45) is 1.72. The van der Waals surface area contributed by atoms with Gasteiger partial charge in [-0.15, -0.1) is 10.2 Å². The van der Waals surface area contributed by atoms with Crippen molar-refractivity contribution in [3.8, 4) is 0 Å². The molecule has 0 aliphatic heterocycles. The summed E-state index contributed by atoms with van der Waals surface area (Å²) in [7, 11) is 0. The quantitative estimate of drug-likeness (QED) is 0.538. The first-order valence-electron chi connectivity index (χ1n) is 3.31. The van der Waals surface area contributed by atoms with Crippen LogP contribution in [0.3, 0.4) is 0 Å². The molecule has 0 saturated carbocycles. The first-order valence-corrected chi connectivity index (χ1v) is 5.12. The van der Waals surface area contributed by atoms with E-state index in [0.717, 1.165) is 15.2 Å². The lowest BCUT2D eigenvalue weighted by atomic mass is 10.9. The highest BCUT2D eigenvalue weighted by molar-refractivity contribution is 8.01. The summed E-state index contributed by atoms with van der Waals surface area (Å²) in [5.41, 5.74) is 0. The standard InChI is InChI=1S/C6H9N3S2/c1-3-7-5-8-9-6(11-5)10-4-2/h3H,4H2,1-2H3/b7-3+. The van der Waals surface area contributed by atoms with Gasteiger partial charge in [0.05, 0.1) is 0 Å². The topological polar surface area (TPSA) is 38.1 Å². The van der Waals surface area contributed by atoms with Gasteiger partial charge in [0, 0.05) is 6.21 Å². The van der Waals surface area contributed by atoms with E-state index in [0.29, 0.717) is 0 Å². The third-order valence-electron chi connectivity index (χ3n) is 0.903. The average Bonchev–Trinajstić information content (AvgIpc) is 2.38. The Morgan fingerprint density at radius 3 is 3.09 bits per heavy atom. The van der Waals surface area contributed by atoms with Crippen molar-refractivity contribution in [2.24, 2.45) is 4.99 Å². The van der Waals surface area contributed by atoms with Crippen LogP contribution in [-0.4, -0.2) is 22.2 Å². The van der Waals surface area contributed by atoms with Crippen molar-refractivity contribution in [2.75, 3.05) is 5.75 Å². The van der Waals surface area contributed by atoms with Crippen LogP contribution in [0.1, 0.15) is 13.8 Å². The largest absolute Gasteiger partial charge is 0.232 e. The van der Waals surface area contributed by atoms with Crippen LogP contribution >= 0.6 is 23.1 Å². The second-order valence-corrected chi connectivity index (χ2v) is 4.14. The number of hydrogen-bond acceptors (Lipinski definition) is 5. The first kappa shape index (κ1) is 8.67. The summed E-state index contributed by atoms with van der Waals surface area (Å²) in [4.78, 5) is 4.02. The molecule has 11 heavy (non-hydrogen) atoms. The molecular formula is C6H9N3S2. The molecule has 3 nitrogen and oxygen atoms in total. The minimum absolute atomic E-state index is 0.739. The van der Waals surface area contributed by atoms with E-state index in [4.69, 9.17) is 0 Å². The monoisotopic (exact) mass is 187 g/mol. The zero-order chi connectivity index (χ0) is 8.10. The second-order valence-electron chi connectivity index (χ2n) is 1.67. The minimum Gasteiger partial charge on any atom is -0.231 e. The van der Waals surface area contributed by atoms with E-state index in [2.05, 4.69) is 22.1 Å². The molecule has 60 valence electrons. The van der Waals surface area contributed by atoms with Gasteiger partial charge in [0.15, 0.2) is 4.34 Å². The molecule has 0 N–H and O–H groups in total. The van der Waals surface area contributed by atoms with E-state index in [9.17, 15) is 0 Å². The summed E-state index contributed by atoms with van der Waals surface area (Å²) >= 11 is 3.22. The first-order chi connectivity index (χ1) is 5.36.